The summed E-state index contributed by atoms with van der Waals surface area (Å²) in [7, 11) is 0. The highest BCUT2D eigenvalue weighted by Gasteiger charge is 2.43. The minimum atomic E-state index is -1.43. The van der Waals surface area contributed by atoms with Crippen LogP contribution in [0.3, 0.4) is 0 Å². The van der Waals surface area contributed by atoms with Crippen molar-refractivity contribution in [3.05, 3.63) is 35.9 Å². The molecule has 2 rings (SSSR count). The zero-order valence-corrected chi connectivity index (χ0v) is 25.3. The molecule has 0 aromatic heterocycles. The van der Waals surface area contributed by atoms with E-state index in [4.69, 9.17) is 28.4 Å². The molecular formula is C30H47NO9. The third kappa shape index (κ3) is 11.4. The Balaban J connectivity index is 2.34. The second-order valence-electron chi connectivity index (χ2n) is 11.9. The first kappa shape index (κ1) is 33.5. The minimum absolute atomic E-state index is 0.203. The molecule has 0 N–H and O–H groups in total. The average molecular weight is 566 g/mol. The zero-order chi connectivity index (χ0) is 29.9. The monoisotopic (exact) mass is 565 g/mol. The standard InChI is InChI=1S/C30H47NO9/c1-9-10-17-36-24-16-18-35-20-23(31(27(33)39-29(3,4)5)28(34)40-30(6,7)8)26(32)38-21(2)25(24)37-19-22-14-12-11-13-15-22/h11-15,21,23-25H,9-10,16-20H2,1-8H3/t21-,23-,24-,25-/m0/s1. The van der Waals surface area contributed by atoms with Gasteiger partial charge in [0.1, 0.15) is 23.4 Å². The van der Waals surface area contributed by atoms with Gasteiger partial charge in [-0.05, 0) is 66.9 Å². The van der Waals surface area contributed by atoms with Crippen molar-refractivity contribution in [2.75, 3.05) is 19.8 Å². The Bertz CT molecular complexity index is 911. The molecule has 10 heteroatoms. The van der Waals surface area contributed by atoms with E-state index in [1.807, 2.05) is 30.3 Å². The van der Waals surface area contributed by atoms with Crippen molar-refractivity contribution in [2.45, 2.75) is 117 Å². The van der Waals surface area contributed by atoms with E-state index < -0.39 is 53.7 Å². The fourth-order valence-corrected chi connectivity index (χ4v) is 3.96. The van der Waals surface area contributed by atoms with Gasteiger partial charge in [0.15, 0.2) is 6.04 Å². The summed E-state index contributed by atoms with van der Waals surface area (Å²) < 4.78 is 35.0. The molecule has 40 heavy (non-hydrogen) atoms. The highest BCUT2D eigenvalue weighted by molar-refractivity contribution is 5.94. The van der Waals surface area contributed by atoms with Gasteiger partial charge in [-0.15, -0.1) is 0 Å². The number of ether oxygens (including phenoxy) is 6. The highest BCUT2D eigenvalue weighted by Crippen LogP contribution is 2.23. The third-order valence-electron chi connectivity index (χ3n) is 5.83. The molecule has 4 atom stereocenters. The molecule has 0 radical (unpaired) electrons. The summed E-state index contributed by atoms with van der Waals surface area (Å²) in [5.41, 5.74) is -0.893. The number of carbonyl (C=O) groups excluding carboxylic acids is 3. The number of hydrogen-bond donors (Lipinski definition) is 0. The minimum Gasteiger partial charge on any atom is -0.458 e. The number of carbonyl (C=O) groups is 3. The molecular weight excluding hydrogens is 518 g/mol. The fraction of sp³-hybridized carbons (Fsp3) is 0.700. The Kier molecular flexibility index (Phi) is 12.9. The predicted molar refractivity (Wildman–Crippen MR) is 149 cm³/mol. The van der Waals surface area contributed by atoms with Crippen LogP contribution >= 0.6 is 0 Å². The van der Waals surface area contributed by atoms with Gasteiger partial charge in [0.2, 0.25) is 0 Å². The third-order valence-corrected chi connectivity index (χ3v) is 5.83. The van der Waals surface area contributed by atoms with Crippen LogP contribution in [0.15, 0.2) is 30.3 Å². The molecule has 1 aromatic carbocycles. The van der Waals surface area contributed by atoms with Crippen molar-refractivity contribution in [1.29, 1.82) is 0 Å². The maximum atomic E-state index is 13.6. The van der Waals surface area contributed by atoms with E-state index in [-0.39, 0.29) is 19.8 Å². The van der Waals surface area contributed by atoms with Crippen molar-refractivity contribution in [2.24, 2.45) is 0 Å². The van der Waals surface area contributed by atoms with E-state index in [0.29, 0.717) is 17.9 Å². The number of rotatable bonds is 8. The summed E-state index contributed by atoms with van der Waals surface area (Å²) in [6.45, 7) is 14.5. The van der Waals surface area contributed by atoms with Crippen molar-refractivity contribution in [1.82, 2.24) is 4.90 Å². The predicted octanol–water partition coefficient (Wildman–Crippen LogP) is 5.65. The van der Waals surface area contributed by atoms with Gasteiger partial charge in [0.25, 0.3) is 0 Å². The molecule has 1 saturated heterocycles. The Morgan fingerprint density at radius 2 is 1.57 bits per heavy atom. The molecule has 2 amide bonds. The number of unbranched alkanes of at least 4 members (excludes halogenated alkanes) is 1. The summed E-state index contributed by atoms with van der Waals surface area (Å²) >= 11 is 0. The van der Waals surface area contributed by atoms with Crippen LogP contribution in [-0.2, 0) is 39.8 Å². The molecule has 1 aliphatic rings. The van der Waals surface area contributed by atoms with Gasteiger partial charge >= 0.3 is 18.2 Å². The molecule has 0 aliphatic carbocycles. The van der Waals surface area contributed by atoms with E-state index in [2.05, 4.69) is 6.92 Å². The van der Waals surface area contributed by atoms with Gasteiger partial charge in [-0.3, -0.25) is 0 Å². The first-order chi connectivity index (χ1) is 18.7. The number of cyclic esters (lactones) is 1. The van der Waals surface area contributed by atoms with E-state index in [9.17, 15) is 14.4 Å². The van der Waals surface area contributed by atoms with E-state index in [1.165, 1.54) is 0 Å². The number of benzene rings is 1. The van der Waals surface area contributed by atoms with Crippen LogP contribution < -0.4 is 0 Å². The molecule has 0 bridgehead atoms. The van der Waals surface area contributed by atoms with Gasteiger partial charge in [0, 0.05) is 13.2 Å². The number of nitrogens with zero attached hydrogens (tertiary/aromatic N) is 1. The lowest BCUT2D eigenvalue weighted by molar-refractivity contribution is -0.180. The van der Waals surface area contributed by atoms with Crippen molar-refractivity contribution < 1.29 is 42.8 Å². The molecule has 1 aliphatic heterocycles. The van der Waals surface area contributed by atoms with Crippen molar-refractivity contribution in [3.63, 3.8) is 0 Å². The van der Waals surface area contributed by atoms with Crippen LogP contribution in [0.1, 0.15) is 80.2 Å². The Hall–Kier alpha value is -2.69. The largest absolute Gasteiger partial charge is 0.458 e. The summed E-state index contributed by atoms with van der Waals surface area (Å²) in [6, 6.07) is 8.23. The van der Waals surface area contributed by atoms with Crippen molar-refractivity contribution in [3.8, 4) is 0 Å². The maximum Gasteiger partial charge on any atom is 0.420 e. The second-order valence-corrected chi connectivity index (χ2v) is 11.9. The molecule has 0 unspecified atom stereocenters. The molecule has 1 heterocycles. The molecule has 1 aromatic rings. The first-order valence-corrected chi connectivity index (χ1v) is 14.0. The molecule has 1 fully saturated rings. The average Bonchev–Trinajstić information content (AvgIpc) is 2.83. The van der Waals surface area contributed by atoms with Crippen LogP contribution in [0.25, 0.3) is 0 Å². The zero-order valence-electron chi connectivity index (χ0n) is 25.3. The van der Waals surface area contributed by atoms with Gasteiger partial charge in [0.05, 0.1) is 19.3 Å². The molecule has 0 saturated carbocycles. The van der Waals surface area contributed by atoms with Crippen LogP contribution in [0.5, 0.6) is 0 Å². The van der Waals surface area contributed by atoms with Crippen molar-refractivity contribution >= 4 is 18.2 Å². The maximum absolute atomic E-state index is 13.6. The van der Waals surface area contributed by atoms with Crippen LogP contribution in [0.4, 0.5) is 9.59 Å². The molecule has 10 nitrogen and oxygen atoms in total. The van der Waals surface area contributed by atoms with E-state index >= 15 is 0 Å². The lowest BCUT2D eigenvalue weighted by atomic mass is 10.0. The summed E-state index contributed by atoms with van der Waals surface area (Å²) in [5, 5.41) is 0. The molecule has 226 valence electrons. The number of hydrogen-bond acceptors (Lipinski definition) is 9. The Morgan fingerprint density at radius 3 is 2.12 bits per heavy atom. The number of esters is 1. The Morgan fingerprint density at radius 1 is 0.975 bits per heavy atom. The van der Waals surface area contributed by atoms with E-state index in [0.717, 1.165) is 18.4 Å². The topological polar surface area (TPSA) is 110 Å². The Labute approximate surface area is 238 Å². The number of imide groups is 1. The normalized spacial score (nSPS) is 22.6. The van der Waals surface area contributed by atoms with Gasteiger partial charge in [-0.2, -0.15) is 4.90 Å². The lowest BCUT2D eigenvalue weighted by Crippen LogP contribution is -2.56. The summed E-state index contributed by atoms with van der Waals surface area (Å²) in [6.07, 6.45) is -1.55. The number of amides is 2. The van der Waals surface area contributed by atoms with E-state index in [1.54, 1.807) is 48.5 Å². The molecule has 0 spiro atoms. The van der Waals surface area contributed by atoms with Gasteiger partial charge in [-0.25, -0.2) is 14.4 Å². The van der Waals surface area contributed by atoms with Crippen LogP contribution in [-0.4, -0.2) is 78.4 Å². The lowest BCUT2D eigenvalue weighted by Gasteiger charge is -2.36. The highest BCUT2D eigenvalue weighted by atomic mass is 16.6. The second kappa shape index (κ2) is 15.3. The fourth-order valence-electron chi connectivity index (χ4n) is 3.96. The van der Waals surface area contributed by atoms with Crippen LogP contribution in [0, 0.1) is 0 Å². The van der Waals surface area contributed by atoms with Gasteiger partial charge in [-0.1, -0.05) is 43.7 Å². The first-order valence-electron chi connectivity index (χ1n) is 14.0. The SMILES string of the molecule is CCCCO[C@H]1CCOC[C@H](N(C(=O)OC(C)(C)C)C(=O)OC(C)(C)C)C(=O)O[C@@H](C)[C@@H]1OCc1ccccc1. The van der Waals surface area contributed by atoms with Crippen LogP contribution in [0.2, 0.25) is 0 Å². The summed E-state index contributed by atoms with van der Waals surface area (Å²) in [5.74, 6) is -0.841. The smallest absolute Gasteiger partial charge is 0.420 e. The summed E-state index contributed by atoms with van der Waals surface area (Å²) in [4.78, 5) is 40.6. The quantitative estimate of drug-likeness (QED) is 0.224. The van der Waals surface area contributed by atoms with Gasteiger partial charge < -0.3 is 28.4 Å².